The molecule has 0 radical (unpaired) electrons. The third-order valence-electron chi connectivity index (χ3n) is 1.59. The molecule has 0 bridgehead atoms. The monoisotopic (exact) mass is 191 g/mol. The second kappa shape index (κ2) is 9.36. The molecule has 0 aromatic rings. The van der Waals surface area contributed by atoms with Crippen molar-refractivity contribution in [2.45, 2.75) is 26.3 Å². The highest BCUT2D eigenvalue weighted by atomic mass is 32.2. The Balaban J connectivity index is 3.02. The Morgan fingerprint density at radius 2 is 2.25 bits per heavy atom. The Kier molecular flexibility index (Phi) is 9.57. The SMILES string of the molecule is CCOCC(C)NCCCSC. The van der Waals surface area contributed by atoms with E-state index < -0.39 is 0 Å². The fourth-order valence-electron chi connectivity index (χ4n) is 0.919. The topological polar surface area (TPSA) is 21.3 Å². The van der Waals surface area contributed by atoms with Gasteiger partial charge in [0.1, 0.15) is 0 Å². The van der Waals surface area contributed by atoms with E-state index in [9.17, 15) is 0 Å². The molecular formula is C9H21NOS. The fourth-order valence-corrected chi connectivity index (χ4v) is 1.35. The summed E-state index contributed by atoms with van der Waals surface area (Å²) in [5.41, 5.74) is 0. The molecule has 12 heavy (non-hydrogen) atoms. The first kappa shape index (κ1) is 12.3. The van der Waals surface area contributed by atoms with Crippen LogP contribution in [0.1, 0.15) is 20.3 Å². The number of thioether (sulfide) groups is 1. The van der Waals surface area contributed by atoms with Crippen LogP contribution in [0, 0.1) is 0 Å². The zero-order chi connectivity index (χ0) is 9.23. The van der Waals surface area contributed by atoms with Gasteiger partial charge < -0.3 is 10.1 Å². The van der Waals surface area contributed by atoms with Crippen molar-refractivity contribution in [1.29, 1.82) is 0 Å². The molecule has 0 aliphatic carbocycles. The van der Waals surface area contributed by atoms with E-state index in [1.54, 1.807) is 0 Å². The van der Waals surface area contributed by atoms with Crippen molar-refractivity contribution < 1.29 is 4.74 Å². The molecule has 74 valence electrons. The summed E-state index contributed by atoms with van der Waals surface area (Å²) >= 11 is 1.90. The van der Waals surface area contributed by atoms with E-state index in [1.165, 1.54) is 12.2 Å². The molecule has 0 rings (SSSR count). The number of hydrogen-bond donors (Lipinski definition) is 1. The summed E-state index contributed by atoms with van der Waals surface area (Å²) in [5.74, 6) is 1.24. The molecule has 1 unspecified atom stereocenters. The van der Waals surface area contributed by atoms with E-state index in [1.807, 2.05) is 18.7 Å². The maximum Gasteiger partial charge on any atom is 0.0616 e. The van der Waals surface area contributed by atoms with Gasteiger partial charge in [0.25, 0.3) is 0 Å². The standard InChI is InChI=1S/C9H21NOS/c1-4-11-8-9(2)10-6-5-7-12-3/h9-10H,4-8H2,1-3H3. The van der Waals surface area contributed by atoms with Crippen LogP contribution in [0.15, 0.2) is 0 Å². The van der Waals surface area contributed by atoms with E-state index in [2.05, 4.69) is 18.5 Å². The minimum atomic E-state index is 0.492. The smallest absolute Gasteiger partial charge is 0.0616 e. The average Bonchev–Trinajstić information content (AvgIpc) is 2.09. The summed E-state index contributed by atoms with van der Waals surface area (Å²) in [4.78, 5) is 0. The van der Waals surface area contributed by atoms with Gasteiger partial charge in [-0.05, 0) is 38.8 Å². The van der Waals surface area contributed by atoms with Gasteiger partial charge in [0.15, 0.2) is 0 Å². The quantitative estimate of drug-likeness (QED) is 0.591. The van der Waals surface area contributed by atoms with Crippen LogP contribution in [0.3, 0.4) is 0 Å². The molecule has 0 heterocycles. The summed E-state index contributed by atoms with van der Waals surface area (Å²) in [6.45, 7) is 6.94. The molecule has 0 saturated carbocycles. The van der Waals surface area contributed by atoms with Gasteiger partial charge >= 0.3 is 0 Å². The minimum absolute atomic E-state index is 0.492. The number of ether oxygens (including phenoxy) is 1. The third kappa shape index (κ3) is 8.37. The molecule has 1 atom stereocenters. The number of nitrogens with one attached hydrogen (secondary N) is 1. The summed E-state index contributed by atoms with van der Waals surface area (Å²) in [6.07, 6.45) is 3.39. The second-order valence-electron chi connectivity index (χ2n) is 2.86. The normalized spacial score (nSPS) is 13.2. The van der Waals surface area contributed by atoms with Crippen LogP contribution in [0.4, 0.5) is 0 Å². The van der Waals surface area contributed by atoms with Gasteiger partial charge in [-0.2, -0.15) is 11.8 Å². The van der Waals surface area contributed by atoms with Crippen LogP contribution in [0.25, 0.3) is 0 Å². The molecule has 0 fully saturated rings. The molecule has 0 aromatic carbocycles. The molecule has 0 aliphatic heterocycles. The maximum atomic E-state index is 5.28. The molecule has 0 spiro atoms. The van der Waals surface area contributed by atoms with Crippen molar-refractivity contribution in [1.82, 2.24) is 5.32 Å². The van der Waals surface area contributed by atoms with Gasteiger partial charge in [0.2, 0.25) is 0 Å². The summed E-state index contributed by atoms with van der Waals surface area (Å²) in [6, 6.07) is 0.492. The fraction of sp³-hybridized carbons (Fsp3) is 1.00. The van der Waals surface area contributed by atoms with Crippen molar-refractivity contribution in [2.75, 3.05) is 31.8 Å². The highest BCUT2D eigenvalue weighted by Crippen LogP contribution is 1.94. The molecule has 3 heteroatoms. The van der Waals surface area contributed by atoms with Gasteiger partial charge in [0.05, 0.1) is 6.61 Å². The highest BCUT2D eigenvalue weighted by molar-refractivity contribution is 7.98. The Morgan fingerprint density at radius 3 is 2.83 bits per heavy atom. The van der Waals surface area contributed by atoms with Gasteiger partial charge in [-0.3, -0.25) is 0 Å². The van der Waals surface area contributed by atoms with Crippen molar-refractivity contribution in [3.8, 4) is 0 Å². The average molecular weight is 191 g/mol. The number of hydrogen-bond acceptors (Lipinski definition) is 3. The summed E-state index contributed by atoms with van der Waals surface area (Å²) in [5, 5.41) is 3.41. The van der Waals surface area contributed by atoms with Crippen molar-refractivity contribution >= 4 is 11.8 Å². The molecule has 0 aliphatic rings. The van der Waals surface area contributed by atoms with Gasteiger partial charge in [-0.1, -0.05) is 0 Å². The van der Waals surface area contributed by atoms with Gasteiger partial charge in [-0.15, -0.1) is 0 Å². The second-order valence-corrected chi connectivity index (χ2v) is 3.85. The van der Waals surface area contributed by atoms with Crippen molar-refractivity contribution in [3.63, 3.8) is 0 Å². The van der Waals surface area contributed by atoms with Gasteiger partial charge in [0, 0.05) is 12.6 Å². The molecular weight excluding hydrogens is 170 g/mol. The lowest BCUT2D eigenvalue weighted by Crippen LogP contribution is -2.31. The molecule has 0 amide bonds. The Morgan fingerprint density at radius 1 is 1.50 bits per heavy atom. The lowest BCUT2D eigenvalue weighted by Gasteiger charge is -2.12. The lowest BCUT2D eigenvalue weighted by atomic mass is 10.3. The van der Waals surface area contributed by atoms with Crippen LogP contribution >= 0.6 is 11.8 Å². The Bertz CT molecular complexity index is 90.6. The highest BCUT2D eigenvalue weighted by Gasteiger charge is 1.98. The predicted octanol–water partition coefficient (Wildman–Crippen LogP) is 1.75. The van der Waals surface area contributed by atoms with E-state index in [0.717, 1.165) is 19.8 Å². The van der Waals surface area contributed by atoms with Crippen LogP contribution < -0.4 is 5.32 Å². The first-order valence-corrected chi connectivity index (χ1v) is 6.00. The Hall–Kier alpha value is 0.270. The van der Waals surface area contributed by atoms with Crippen LogP contribution in [-0.4, -0.2) is 37.8 Å². The third-order valence-corrected chi connectivity index (χ3v) is 2.29. The largest absolute Gasteiger partial charge is 0.380 e. The molecule has 2 nitrogen and oxygen atoms in total. The van der Waals surface area contributed by atoms with Crippen molar-refractivity contribution in [3.05, 3.63) is 0 Å². The van der Waals surface area contributed by atoms with Crippen LogP contribution in [-0.2, 0) is 4.74 Å². The molecule has 1 N–H and O–H groups in total. The summed E-state index contributed by atoms with van der Waals surface area (Å²) < 4.78 is 5.28. The van der Waals surface area contributed by atoms with E-state index in [0.29, 0.717) is 6.04 Å². The maximum absolute atomic E-state index is 5.28. The van der Waals surface area contributed by atoms with E-state index in [4.69, 9.17) is 4.74 Å². The summed E-state index contributed by atoms with van der Waals surface area (Å²) in [7, 11) is 0. The predicted molar refractivity (Wildman–Crippen MR) is 57.0 cm³/mol. The Labute approximate surface area is 80.4 Å². The zero-order valence-corrected chi connectivity index (χ0v) is 9.25. The molecule has 0 aromatic heterocycles. The first-order chi connectivity index (χ1) is 5.81. The first-order valence-electron chi connectivity index (χ1n) is 4.61. The van der Waals surface area contributed by atoms with E-state index >= 15 is 0 Å². The van der Waals surface area contributed by atoms with Gasteiger partial charge in [-0.25, -0.2) is 0 Å². The molecule has 0 saturated heterocycles. The zero-order valence-electron chi connectivity index (χ0n) is 8.43. The van der Waals surface area contributed by atoms with E-state index in [-0.39, 0.29) is 0 Å². The van der Waals surface area contributed by atoms with Crippen molar-refractivity contribution in [2.24, 2.45) is 0 Å². The minimum Gasteiger partial charge on any atom is -0.380 e. The number of rotatable bonds is 8. The van der Waals surface area contributed by atoms with Crippen LogP contribution in [0.2, 0.25) is 0 Å². The van der Waals surface area contributed by atoms with Crippen LogP contribution in [0.5, 0.6) is 0 Å². The lowest BCUT2D eigenvalue weighted by molar-refractivity contribution is 0.127.